The van der Waals surface area contributed by atoms with Crippen molar-refractivity contribution in [2.75, 3.05) is 12.4 Å². The number of carbonyl (C=O) groups excluding carboxylic acids is 2. The number of nitro benzene ring substituents is 1. The molecule has 0 radical (unpaired) electrons. The van der Waals surface area contributed by atoms with Gasteiger partial charge in [0.1, 0.15) is 6.42 Å². The Labute approximate surface area is 103 Å². The Morgan fingerprint density at radius 2 is 2.11 bits per heavy atom. The Hall–Kier alpha value is -2.44. The van der Waals surface area contributed by atoms with Crippen LogP contribution in [0.15, 0.2) is 18.2 Å². The molecule has 0 bridgehead atoms. The predicted molar refractivity (Wildman–Crippen MR) is 63.1 cm³/mol. The second-order valence-corrected chi connectivity index (χ2v) is 3.51. The first-order valence-electron chi connectivity index (χ1n) is 5.06. The third-order valence-electron chi connectivity index (χ3n) is 2.31. The predicted octanol–water partition coefficient (Wildman–Crippen LogP) is 1.40. The van der Waals surface area contributed by atoms with Crippen LogP contribution in [0.25, 0.3) is 0 Å². The zero-order valence-electron chi connectivity index (χ0n) is 9.93. The number of anilines is 1. The van der Waals surface area contributed by atoms with Gasteiger partial charge in [0, 0.05) is 6.07 Å². The van der Waals surface area contributed by atoms with Gasteiger partial charge in [-0.2, -0.15) is 0 Å². The van der Waals surface area contributed by atoms with Crippen LogP contribution in [0.4, 0.5) is 11.4 Å². The molecule has 0 unspecified atom stereocenters. The van der Waals surface area contributed by atoms with E-state index in [9.17, 15) is 19.7 Å². The molecule has 0 fully saturated rings. The van der Waals surface area contributed by atoms with Gasteiger partial charge in [-0.3, -0.25) is 19.7 Å². The number of carbonyl (C=O) groups is 2. The van der Waals surface area contributed by atoms with Crippen molar-refractivity contribution in [3.05, 3.63) is 33.9 Å². The summed E-state index contributed by atoms with van der Waals surface area (Å²) in [6.07, 6.45) is -0.432. The highest BCUT2D eigenvalue weighted by atomic mass is 16.6. The fraction of sp³-hybridized carbons (Fsp3) is 0.273. The molecule has 1 aromatic carbocycles. The van der Waals surface area contributed by atoms with Crippen LogP contribution < -0.4 is 5.32 Å². The Bertz CT molecular complexity index is 498. The quantitative estimate of drug-likeness (QED) is 0.378. The molecule has 0 atom stereocenters. The molecule has 1 rings (SSSR count). The van der Waals surface area contributed by atoms with E-state index in [1.165, 1.54) is 32.2 Å². The number of amides is 1. The first-order chi connectivity index (χ1) is 8.45. The first-order valence-corrected chi connectivity index (χ1v) is 5.06. The van der Waals surface area contributed by atoms with Gasteiger partial charge in [0.25, 0.3) is 5.69 Å². The average molecular weight is 252 g/mol. The largest absolute Gasteiger partial charge is 0.469 e. The van der Waals surface area contributed by atoms with E-state index in [-0.39, 0.29) is 5.69 Å². The third kappa shape index (κ3) is 3.27. The Balaban J connectivity index is 2.85. The van der Waals surface area contributed by atoms with E-state index in [1.54, 1.807) is 0 Å². The van der Waals surface area contributed by atoms with Gasteiger partial charge in [0.15, 0.2) is 0 Å². The van der Waals surface area contributed by atoms with Crippen LogP contribution in [-0.2, 0) is 14.3 Å². The second kappa shape index (κ2) is 5.76. The molecular weight excluding hydrogens is 240 g/mol. The molecule has 0 spiro atoms. The Kier molecular flexibility index (Phi) is 4.36. The minimum atomic E-state index is -0.671. The number of hydrogen-bond donors (Lipinski definition) is 1. The number of nitrogens with zero attached hydrogens (tertiary/aromatic N) is 1. The summed E-state index contributed by atoms with van der Waals surface area (Å²) >= 11 is 0. The number of nitrogens with one attached hydrogen (secondary N) is 1. The summed E-state index contributed by atoms with van der Waals surface area (Å²) in [4.78, 5) is 32.5. The highest BCUT2D eigenvalue weighted by Crippen LogP contribution is 2.24. The molecule has 0 saturated heterocycles. The van der Waals surface area contributed by atoms with Crippen molar-refractivity contribution in [1.82, 2.24) is 0 Å². The standard InChI is InChI=1S/C11H12N2O5/c1-7-8(4-3-5-9(7)13(16)17)12-10(14)6-11(15)18-2/h3-5H,6H2,1-2H3,(H,12,14). The molecule has 0 aliphatic heterocycles. The zero-order valence-corrected chi connectivity index (χ0v) is 9.93. The van der Waals surface area contributed by atoms with Crippen LogP contribution in [0.1, 0.15) is 12.0 Å². The molecular formula is C11H12N2O5. The van der Waals surface area contributed by atoms with Gasteiger partial charge in [-0.25, -0.2) is 0 Å². The molecule has 0 aliphatic rings. The lowest BCUT2D eigenvalue weighted by Gasteiger charge is -2.07. The lowest BCUT2D eigenvalue weighted by Crippen LogP contribution is -2.17. The molecule has 0 heterocycles. The van der Waals surface area contributed by atoms with E-state index in [2.05, 4.69) is 10.1 Å². The fourth-order valence-electron chi connectivity index (χ4n) is 1.35. The normalized spacial score (nSPS) is 9.67. The van der Waals surface area contributed by atoms with E-state index in [1.807, 2.05) is 0 Å². The number of nitro groups is 1. The molecule has 1 N–H and O–H groups in total. The van der Waals surface area contributed by atoms with Crippen LogP contribution >= 0.6 is 0 Å². The Morgan fingerprint density at radius 1 is 1.44 bits per heavy atom. The maximum absolute atomic E-state index is 11.4. The van der Waals surface area contributed by atoms with Gasteiger partial charge in [-0.15, -0.1) is 0 Å². The number of methoxy groups -OCH3 is 1. The van der Waals surface area contributed by atoms with Crippen LogP contribution in [0.2, 0.25) is 0 Å². The zero-order chi connectivity index (χ0) is 13.7. The van der Waals surface area contributed by atoms with Crippen molar-refractivity contribution < 1.29 is 19.2 Å². The van der Waals surface area contributed by atoms with Crippen molar-refractivity contribution in [2.45, 2.75) is 13.3 Å². The minimum Gasteiger partial charge on any atom is -0.469 e. The van der Waals surface area contributed by atoms with Gasteiger partial charge in [0.05, 0.1) is 23.3 Å². The fourth-order valence-corrected chi connectivity index (χ4v) is 1.35. The summed E-state index contributed by atoms with van der Waals surface area (Å²) in [6.45, 7) is 1.52. The van der Waals surface area contributed by atoms with Crippen molar-refractivity contribution in [3.63, 3.8) is 0 Å². The molecule has 1 aromatic rings. The summed E-state index contributed by atoms with van der Waals surface area (Å²) in [5.74, 6) is -1.25. The van der Waals surface area contributed by atoms with Gasteiger partial charge in [0.2, 0.25) is 5.91 Å². The molecule has 1 amide bonds. The van der Waals surface area contributed by atoms with Crippen molar-refractivity contribution >= 4 is 23.3 Å². The van der Waals surface area contributed by atoms with Crippen LogP contribution in [0, 0.1) is 17.0 Å². The summed E-state index contributed by atoms with van der Waals surface area (Å²) in [5.41, 5.74) is 0.546. The van der Waals surface area contributed by atoms with Gasteiger partial charge in [-0.05, 0) is 13.0 Å². The highest BCUT2D eigenvalue weighted by molar-refractivity contribution is 6.02. The van der Waals surface area contributed by atoms with E-state index in [0.717, 1.165) is 0 Å². The number of hydrogen-bond acceptors (Lipinski definition) is 5. The van der Waals surface area contributed by atoms with Crippen LogP contribution in [0.5, 0.6) is 0 Å². The topological polar surface area (TPSA) is 98.5 Å². The summed E-state index contributed by atoms with van der Waals surface area (Å²) < 4.78 is 4.34. The summed E-state index contributed by atoms with van der Waals surface area (Å²) in [6, 6.07) is 4.32. The van der Waals surface area contributed by atoms with E-state index in [4.69, 9.17) is 0 Å². The maximum Gasteiger partial charge on any atom is 0.315 e. The lowest BCUT2D eigenvalue weighted by molar-refractivity contribution is -0.385. The second-order valence-electron chi connectivity index (χ2n) is 3.51. The van der Waals surface area contributed by atoms with Crippen molar-refractivity contribution in [1.29, 1.82) is 0 Å². The highest BCUT2D eigenvalue weighted by Gasteiger charge is 2.16. The molecule has 0 aromatic heterocycles. The van der Waals surface area contributed by atoms with Crippen LogP contribution in [0.3, 0.4) is 0 Å². The molecule has 0 saturated carbocycles. The summed E-state index contributed by atoms with van der Waals surface area (Å²) in [7, 11) is 1.17. The molecule has 96 valence electrons. The summed E-state index contributed by atoms with van der Waals surface area (Å²) in [5, 5.41) is 13.1. The molecule has 0 aliphatic carbocycles. The Morgan fingerprint density at radius 3 is 2.67 bits per heavy atom. The SMILES string of the molecule is COC(=O)CC(=O)Nc1cccc([N+](=O)[O-])c1C. The van der Waals surface area contributed by atoms with E-state index in [0.29, 0.717) is 11.3 Å². The smallest absolute Gasteiger partial charge is 0.315 e. The minimum absolute atomic E-state index is 0.0918. The number of esters is 1. The van der Waals surface area contributed by atoms with Crippen molar-refractivity contribution in [2.24, 2.45) is 0 Å². The first kappa shape index (κ1) is 13.6. The number of rotatable bonds is 4. The van der Waals surface area contributed by atoms with E-state index >= 15 is 0 Å². The van der Waals surface area contributed by atoms with Crippen LogP contribution in [-0.4, -0.2) is 23.9 Å². The van der Waals surface area contributed by atoms with Gasteiger partial charge < -0.3 is 10.1 Å². The lowest BCUT2D eigenvalue weighted by atomic mass is 10.1. The van der Waals surface area contributed by atoms with E-state index < -0.39 is 23.2 Å². The number of ether oxygens (including phenoxy) is 1. The molecule has 7 heteroatoms. The van der Waals surface area contributed by atoms with Crippen molar-refractivity contribution in [3.8, 4) is 0 Å². The molecule has 18 heavy (non-hydrogen) atoms. The average Bonchev–Trinajstić information content (AvgIpc) is 2.31. The van der Waals surface area contributed by atoms with Gasteiger partial charge in [-0.1, -0.05) is 6.07 Å². The third-order valence-corrected chi connectivity index (χ3v) is 2.31. The molecule has 7 nitrogen and oxygen atoms in total. The monoisotopic (exact) mass is 252 g/mol. The number of benzene rings is 1. The van der Waals surface area contributed by atoms with Gasteiger partial charge >= 0.3 is 5.97 Å². The maximum atomic E-state index is 11.4.